The smallest absolute Gasteiger partial charge is 0.291 e. The van der Waals surface area contributed by atoms with Gasteiger partial charge in [0.25, 0.3) is 11.6 Å². The summed E-state index contributed by atoms with van der Waals surface area (Å²) in [6.07, 6.45) is 0. The second-order valence-corrected chi connectivity index (χ2v) is 8.02. The summed E-state index contributed by atoms with van der Waals surface area (Å²) in [4.78, 5) is 27.7. The Labute approximate surface area is 197 Å². The van der Waals surface area contributed by atoms with Crippen LogP contribution in [0, 0.1) is 17.0 Å². The fraction of sp³-hybridized carbons (Fsp3) is 0.0400. The monoisotopic (exact) mass is 473 g/mol. The molecule has 34 heavy (non-hydrogen) atoms. The van der Waals surface area contributed by atoms with E-state index in [0.29, 0.717) is 44.6 Å². The number of nitro groups is 1. The fourth-order valence-electron chi connectivity index (χ4n) is 3.56. The number of nitro benzene ring substituents is 1. The molecule has 0 aliphatic carbocycles. The van der Waals surface area contributed by atoms with E-state index in [1.807, 2.05) is 12.1 Å². The molecular weight excluding hydrogens is 458 g/mol. The zero-order chi connectivity index (χ0) is 23.8. The highest BCUT2D eigenvalue weighted by Crippen LogP contribution is 2.30. The maximum absolute atomic E-state index is 12.7. The third kappa shape index (κ3) is 4.14. The number of halogens is 1. The van der Waals surface area contributed by atoms with Crippen molar-refractivity contribution in [3.8, 4) is 22.8 Å². The summed E-state index contributed by atoms with van der Waals surface area (Å²) >= 11 is 5.94. The van der Waals surface area contributed by atoms with E-state index in [1.165, 1.54) is 12.1 Å². The van der Waals surface area contributed by atoms with Crippen LogP contribution in [0.2, 0.25) is 5.02 Å². The zero-order valence-electron chi connectivity index (χ0n) is 17.7. The summed E-state index contributed by atoms with van der Waals surface area (Å²) in [6.45, 7) is 1.75. The number of aromatic nitrogens is 1. The van der Waals surface area contributed by atoms with Crippen molar-refractivity contribution in [2.45, 2.75) is 6.92 Å². The first kappa shape index (κ1) is 21.4. The number of carbonyl (C=O) groups excluding carboxylic acids is 1. The number of nitrogens with zero attached hydrogens (tertiary/aromatic N) is 2. The van der Waals surface area contributed by atoms with Gasteiger partial charge in [-0.3, -0.25) is 14.9 Å². The highest BCUT2D eigenvalue weighted by molar-refractivity contribution is 6.30. The Balaban J connectivity index is 1.35. The van der Waals surface area contributed by atoms with Gasteiger partial charge < -0.3 is 14.2 Å². The molecule has 0 aliphatic heterocycles. The van der Waals surface area contributed by atoms with Crippen LogP contribution in [0.15, 0.2) is 81.6 Å². The number of nitrogens with one attached hydrogen (secondary N) is 1. The molecule has 0 saturated heterocycles. The Morgan fingerprint density at radius 1 is 1.00 bits per heavy atom. The van der Waals surface area contributed by atoms with Crippen LogP contribution < -0.4 is 5.32 Å². The van der Waals surface area contributed by atoms with Gasteiger partial charge in [0.1, 0.15) is 11.3 Å². The van der Waals surface area contributed by atoms with Crippen molar-refractivity contribution in [3.05, 3.63) is 99.3 Å². The minimum atomic E-state index is -0.456. The molecule has 0 bridgehead atoms. The number of benzene rings is 3. The Kier molecular flexibility index (Phi) is 5.35. The summed E-state index contributed by atoms with van der Waals surface area (Å²) < 4.78 is 11.5. The summed E-state index contributed by atoms with van der Waals surface area (Å²) in [7, 11) is 0. The average molecular weight is 474 g/mol. The van der Waals surface area contributed by atoms with Crippen LogP contribution in [0.4, 0.5) is 11.4 Å². The van der Waals surface area contributed by atoms with E-state index in [-0.39, 0.29) is 11.4 Å². The third-order valence-electron chi connectivity index (χ3n) is 5.25. The van der Waals surface area contributed by atoms with Gasteiger partial charge in [0, 0.05) is 34.0 Å². The first-order valence-electron chi connectivity index (χ1n) is 10.2. The molecule has 2 heterocycles. The molecule has 8 nitrogen and oxygen atoms in total. The second kappa shape index (κ2) is 8.49. The van der Waals surface area contributed by atoms with Crippen LogP contribution in [0.1, 0.15) is 16.1 Å². The highest BCUT2D eigenvalue weighted by Gasteiger charge is 2.16. The molecule has 0 saturated carbocycles. The Morgan fingerprint density at radius 3 is 2.53 bits per heavy atom. The number of non-ortho nitro benzene ring substituents is 1. The summed E-state index contributed by atoms with van der Waals surface area (Å²) in [5, 5.41) is 14.4. The van der Waals surface area contributed by atoms with Gasteiger partial charge in [0.05, 0.1) is 4.92 Å². The molecule has 5 aromatic rings. The lowest BCUT2D eigenvalue weighted by atomic mass is 10.1. The van der Waals surface area contributed by atoms with E-state index in [1.54, 1.807) is 55.5 Å². The van der Waals surface area contributed by atoms with Gasteiger partial charge in [-0.05, 0) is 73.2 Å². The number of amides is 1. The zero-order valence-corrected chi connectivity index (χ0v) is 18.5. The molecular formula is C25H16ClN3O5. The first-order valence-corrected chi connectivity index (χ1v) is 10.6. The van der Waals surface area contributed by atoms with Crippen LogP contribution in [-0.4, -0.2) is 15.8 Å². The lowest BCUT2D eigenvalue weighted by molar-refractivity contribution is -0.384. The number of fused-ring (bicyclic) bond motifs is 1. The van der Waals surface area contributed by atoms with Crippen molar-refractivity contribution in [2.75, 3.05) is 5.32 Å². The fourth-order valence-corrected chi connectivity index (χ4v) is 3.68. The summed E-state index contributed by atoms with van der Waals surface area (Å²) in [5.41, 5.74) is 3.81. The van der Waals surface area contributed by atoms with Gasteiger partial charge in [0.2, 0.25) is 5.89 Å². The quantitative estimate of drug-likeness (QED) is 0.220. The van der Waals surface area contributed by atoms with Gasteiger partial charge in [-0.1, -0.05) is 11.6 Å². The van der Waals surface area contributed by atoms with Crippen LogP contribution in [0.25, 0.3) is 33.9 Å². The molecule has 0 fully saturated rings. The number of aryl methyl sites for hydroxylation is 1. The van der Waals surface area contributed by atoms with Gasteiger partial charge in [-0.25, -0.2) is 4.98 Å². The number of hydrogen-bond donors (Lipinski definition) is 1. The van der Waals surface area contributed by atoms with E-state index < -0.39 is 10.8 Å². The number of hydrogen-bond acceptors (Lipinski definition) is 6. The maximum Gasteiger partial charge on any atom is 0.291 e. The number of rotatable bonds is 5. The summed E-state index contributed by atoms with van der Waals surface area (Å²) in [5.74, 6) is 0.558. The Morgan fingerprint density at radius 2 is 1.79 bits per heavy atom. The van der Waals surface area contributed by atoms with Crippen molar-refractivity contribution in [2.24, 2.45) is 0 Å². The maximum atomic E-state index is 12.7. The van der Waals surface area contributed by atoms with Gasteiger partial charge in [-0.15, -0.1) is 0 Å². The molecule has 0 unspecified atom stereocenters. The lowest BCUT2D eigenvalue weighted by Gasteiger charge is -2.04. The highest BCUT2D eigenvalue weighted by atomic mass is 35.5. The molecule has 3 aromatic carbocycles. The van der Waals surface area contributed by atoms with E-state index in [9.17, 15) is 14.9 Å². The van der Waals surface area contributed by atoms with E-state index in [2.05, 4.69) is 10.3 Å². The normalized spacial score (nSPS) is 11.0. The largest absolute Gasteiger partial charge is 0.451 e. The van der Waals surface area contributed by atoms with E-state index in [4.69, 9.17) is 20.4 Å². The number of carbonyl (C=O) groups is 1. The number of furan rings is 1. The van der Waals surface area contributed by atoms with Gasteiger partial charge in [-0.2, -0.15) is 0 Å². The van der Waals surface area contributed by atoms with Gasteiger partial charge in [0.15, 0.2) is 11.3 Å². The molecule has 5 rings (SSSR count). The first-order chi connectivity index (χ1) is 16.4. The molecule has 168 valence electrons. The Hall–Kier alpha value is -4.43. The minimum absolute atomic E-state index is 0.00626. The van der Waals surface area contributed by atoms with Crippen LogP contribution >= 0.6 is 11.6 Å². The van der Waals surface area contributed by atoms with Crippen molar-refractivity contribution in [1.82, 2.24) is 4.98 Å². The van der Waals surface area contributed by atoms with Gasteiger partial charge >= 0.3 is 0 Å². The van der Waals surface area contributed by atoms with Crippen LogP contribution in [0.3, 0.4) is 0 Å². The molecule has 1 amide bonds. The second-order valence-electron chi connectivity index (χ2n) is 7.58. The molecule has 2 aromatic heterocycles. The number of oxazole rings is 1. The predicted molar refractivity (Wildman–Crippen MR) is 128 cm³/mol. The van der Waals surface area contributed by atoms with Crippen molar-refractivity contribution >= 4 is 40.0 Å². The summed E-state index contributed by atoms with van der Waals surface area (Å²) in [6, 6.07) is 20.0. The van der Waals surface area contributed by atoms with Crippen LogP contribution in [-0.2, 0) is 0 Å². The van der Waals surface area contributed by atoms with Crippen molar-refractivity contribution in [3.63, 3.8) is 0 Å². The SMILES string of the molecule is Cc1cc([N+](=O)[O-])ccc1-c1ccc(C(=O)Nc2ccc3oc(-c4ccc(Cl)cc4)nc3c2)o1. The molecule has 0 atom stereocenters. The predicted octanol–water partition coefficient (Wildman–Crippen LogP) is 6.88. The molecule has 0 spiro atoms. The third-order valence-corrected chi connectivity index (χ3v) is 5.50. The number of anilines is 1. The average Bonchev–Trinajstić information content (AvgIpc) is 3.46. The molecule has 0 aliphatic rings. The minimum Gasteiger partial charge on any atom is -0.451 e. The van der Waals surface area contributed by atoms with Crippen LogP contribution in [0.5, 0.6) is 0 Å². The molecule has 9 heteroatoms. The van der Waals surface area contributed by atoms with Crippen molar-refractivity contribution < 1.29 is 18.6 Å². The van der Waals surface area contributed by atoms with Crippen molar-refractivity contribution in [1.29, 1.82) is 0 Å². The topological polar surface area (TPSA) is 111 Å². The van der Waals surface area contributed by atoms with E-state index >= 15 is 0 Å². The standard InChI is InChI=1S/C25H16ClN3O5/c1-14-12-18(29(31)32)7-8-19(14)21-10-11-23(33-21)24(30)27-17-6-9-22-20(13-17)28-25(34-22)15-2-4-16(26)5-3-15/h2-13H,1H3,(H,27,30). The lowest BCUT2D eigenvalue weighted by Crippen LogP contribution is -2.10. The molecule has 0 radical (unpaired) electrons. The Bertz CT molecular complexity index is 1550. The molecule has 1 N–H and O–H groups in total. The van der Waals surface area contributed by atoms with E-state index in [0.717, 1.165) is 5.56 Å².